The van der Waals surface area contributed by atoms with Crippen molar-refractivity contribution in [3.63, 3.8) is 0 Å². The molecule has 1 aliphatic heterocycles. The molecule has 2 heterocycles. The van der Waals surface area contributed by atoms with E-state index in [0.717, 1.165) is 6.07 Å². The van der Waals surface area contributed by atoms with Crippen molar-refractivity contribution < 1.29 is 18.5 Å². The number of carbonyl (C=O) groups excluding carboxylic acids is 1. The van der Waals surface area contributed by atoms with E-state index < -0.39 is 40.7 Å². The third-order valence-corrected chi connectivity index (χ3v) is 5.30. The van der Waals surface area contributed by atoms with E-state index in [9.17, 15) is 23.7 Å². The predicted molar refractivity (Wildman–Crippen MR) is 107 cm³/mol. The van der Waals surface area contributed by atoms with E-state index in [1.165, 1.54) is 11.0 Å². The van der Waals surface area contributed by atoms with Crippen molar-refractivity contribution in [3.05, 3.63) is 93.1 Å². The summed E-state index contributed by atoms with van der Waals surface area (Å²) in [5.41, 5.74) is 0.437. The quantitative estimate of drug-likeness (QED) is 0.446. The highest BCUT2D eigenvalue weighted by Gasteiger charge is 2.40. The molecule has 0 spiro atoms. The van der Waals surface area contributed by atoms with Crippen molar-refractivity contribution in [1.82, 2.24) is 14.8 Å². The van der Waals surface area contributed by atoms with Crippen LogP contribution < -0.4 is 0 Å². The molecule has 0 N–H and O–H groups in total. The number of nitro groups is 1. The number of aryl methyl sites for hydroxylation is 1. The van der Waals surface area contributed by atoms with Crippen LogP contribution in [-0.2, 0) is 7.05 Å². The molecule has 4 rings (SSSR count). The summed E-state index contributed by atoms with van der Waals surface area (Å²) in [7, 11) is 1.61. The summed E-state index contributed by atoms with van der Waals surface area (Å²) < 4.78 is 30.2. The molecule has 0 amide bonds. The smallest absolute Gasteiger partial charge is 0.211 e. The average molecular weight is 425 g/mol. The molecule has 0 radical (unpaired) electrons. The zero-order valence-electron chi connectivity index (χ0n) is 16.4. The number of Topliss-reactive ketones (excluding diaryl/α,β-unsaturated/α-hetero) is 1. The van der Waals surface area contributed by atoms with Gasteiger partial charge in [-0.2, -0.15) is 5.10 Å². The third-order valence-electron chi connectivity index (χ3n) is 5.30. The minimum absolute atomic E-state index is 0.110. The second kappa shape index (κ2) is 8.13. The SMILES string of the molecule is Cn1ncnc1C(C1=NCC(=O)c2cc(F)cc(F)c21)C(C[N+](=O)[O-])c1ccccc1. The van der Waals surface area contributed by atoms with Gasteiger partial charge in [-0.1, -0.05) is 30.3 Å². The molecule has 1 aliphatic rings. The fourth-order valence-electron chi connectivity index (χ4n) is 3.97. The van der Waals surface area contributed by atoms with Crippen molar-refractivity contribution >= 4 is 11.5 Å². The molecule has 8 nitrogen and oxygen atoms in total. The van der Waals surface area contributed by atoms with Crippen molar-refractivity contribution in [1.29, 1.82) is 0 Å². The molecule has 158 valence electrons. The van der Waals surface area contributed by atoms with Crippen LogP contribution in [0.1, 0.15) is 39.1 Å². The number of hydrogen-bond acceptors (Lipinski definition) is 6. The van der Waals surface area contributed by atoms with Crippen LogP contribution in [0.25, 0.3) is 0 Å². The maximum absolute atomic E-state index is 14.9. The van der Waals surface area contributed by atoms with Crippen molar-refractivity contribution in [2.75, 3.05) is 13.1 Å². The van der Waals surface area contributed by atoms with Crippen LogP contribution in [0.2, 0.25) is 0 Å². The Kier molecular flexibility index (Phi) is 5.37. The van der Waals surface area contributed by atoms with Gasteiger partial charge in [-0.25, -0.2) is 13.8 Å². The highest BCUT2D eigenvalue weighted by Crippen LogP contribution is 2.38. The number of halogens is 2. The first-order chi connectivity index (χ1) is 14.9. The lowest BCUT2D eigenvalue weighted by Gasteiger charge is -2.28. The molecule has 1 aromatic heterocycles. The van der Waals surface area contributed by atoms with Crippen LogP contribution >= 0.6 is 0 Å². The van der Waals surface area contributed by atoms with Gasteiger partial charge >= 0.3 is 0 Å². The summed E-state index contributed by atoms with van der Waals surface area (Å²) in [5.74, 6) is -3.74. The minimum Gasteiger partial charge on any atom is -0.292 e. The van der Waals surface area contributed by atoms with E-state index in [0.29, 0.717) is 17.5 Å². The van der Waals surface area contributed by atoms with E-state index in [1.807, 2.05) is 0 Å². The summed E-state index contributed by atoms with van der Waals surface area (Å²) in [4.78, 5) is 32.0. The third kappa shape index (κ3) is 3.83. The van der Waals surface area contributed by atoms with Gasteiger partial charge in [-0.3, -0.25) is 24.6 Å². The highest BCUT2D eigenvalue weighted by molar-refractivity contribution is 6.17. The van der Waals surface area contributed by atoms with E-state index in [2.05, 4.69) is 15.1 Å². The van der Waals surface area contributed by atoms with Gasteiger partial charge in [0.05, 0.1) is 17.5 Å². The van der Waals surface area contributed by atoms with E-state index >= 15 is 0 Å². The van der Waals surface area contributed by atoms with Crippen molar-refractivity contribution in [2.45, 2.75) is 11.8 Å². The number of aliphatic imine (C=N–C) groups is 1. The molecule has 2 atom stereocenters. The molecule has 0 saturated carbocycles. The Morgan fingerprint density at radius 2 is 1.97 bits per heavy atom. The van der Waals surface area contributed by atoms with Gasteiger partial charge in [0.2, 0.25) is 6.54 Å². The maximum atomic E-state index is 14.9. The first-order valence-corrected chi connectivity index (χ1v) is 9.44. The molecule has 10 heteroatoms. The number of fused-ring (bicyclic) bond motifs is 1. The summed E-state index contributed by atoms with van der Waals surface area (Å²) in [5, 5.41) is 15.6. The topological polar surface area (TPSA) is 103 Å². The van der Waals surface area contributed by atoms with Crippen molar-refractivity contribution in [3.8, 4) is 0 Å². The number of benzene rings is 2. The van der Waals surface area contributed by atoms with E-state index in [-0.39, 0.29) is 23.4 Å². The minimum atomic E-state index is -0.957. The Labute approximate surface area is 175 Å². The van der Waals surface area contributed by atoms with Gasteiger partial charge in [0, 0.05) is 29.2 Å². The molecule has 2 unspecified atom stereocenters. The number of carbonyl (C=O) groups is 1. The van der Waals surface area contributed by atoms with Crippen LogP contribution in [0.15, 0.2) is 53.8 Å². The maximum Gasteiger partial charge on any atom is 0.211 e. The molecule has 0 fully saturated rings. The van der Waals surface area contributed by atoms with Crippen LogP contribution in [0.4, 0.5) is 8.78 Å². The fraction of sp³-hybridized carbons (Fsp3) is 0.238. The number of rotatable bonds is 6. The Balaban J connectivity index is 1.97. The van der Waals surface area contributed by atoms with Crippen LogP contribution in [0.5, 0.6) is 0 Å². The highest BCUT2D eigenvalue weighted by atomic mass is 19.1. The zero-order valence-corrected chi connectivity index (χ0v) is 16.4. The predicted octanol–water partition coefficient (Wildman–Crippen LogP) is 2.92. The fourth-order valence-corrected chi connectivity index (χ4v) is 3.97. The monoisotopic (exact) mass is 425 g/mol. The standard InChI is InChI=1S/C21H17F2N5O3/c1-27-21(25-11-26-27)19(15(10-28(30)31)12-5-3-2-4-6-12)20-18-14(17(29)9-24-20)7-13(22)8-16(18)23/h2-8,11,15,19H,9-10H2,1H3. The first-order valence-electron chi connectivity index (χ1n) is 9.44. The van der Waals surface area contributed by atoms with Gasteiger partial charge in [0.15, 0.2) is 5.78 Å². The number of hydrogen-bond donors (Lipinski definition) is 0. The Morgan fingerprint density at radius 3 is 2.61 bits per heavy atom. The van der Waals surface area contributed by atoms with Gasteiger partial charge in [-0.05, 0) is 11.6 Å². The average Bonchev–Trinajstić information content (AvgIpc) is 3.15. The lowest BCUT2D eigenvalue weighted by molar-refractivity contribution is -0.483. The van der Waals surface area contributed by atoms with Gasteiger partial charge < -0.3 is 0 Å². The number of nitrogens with zero attached hydrogens (tertiary/aromatic N) is 5. The van der Waals surface area contributed by atoms with E-state index in [4.69, 9.17) is 0 Å². The molecule has 2 aromatic carbocycles. The van der Waals surface area contributed by atoms with Crippen LogP contribution in [0, 0.1) is 21.7 Å². The molecular weight excluding hydrogens is 408 g/mol. The first kappa shape index (κ1) is 20.5. The summed E-state index contributed by atoms with van der Waals surface area (Å²) in [6.45, 7) is -0.813. The molecule has 0 bridgehead atoms. The summed E-state index contributed by atoms with van der Waals surface area (Å²) >= 11 is 0. The second-order valence-electron chi connectivity index (χ2n) is 7.19. The van der Waals surface area contributed by atoms with Crippen LogP contribution in [0.3, 0.4) is 0 Å². The lowest BCUT2D eigenvalue weighted by Crippen LogP contribution is -2.33. The lowest BCUT2D eigenvalue weighted by atomic mass is 9.77. The molecule has 0 aliphatic carbocycles. The van der Waals surface area contributed by atoms with Gasteiger partial charge in [0.1, 0.15) is 30.3 Å². The number of ketones is 1. The normalized spacial score (nSPS) is 15.2. The van der Waals surface area contributed by atoms with Crippen molar-refractivity contribution in [2.24, 2.45) is 12.0 Å². The van der Waals surface area contributed by atoms with Crippen LogP contribution in [-0.4, -0.2) is 44.3 Å². The number of aromatic nitrogens is 3. The Hall–Kier alpha value is -3.82. The second-order valence-corrected chi connectivity index (χ2v) is 7.19. The zero-order chi connectivity index (χ0) is 22.1. The van der Waals surface area contributed by atoms with Gasteiger partial charge in [-0.15, -0.1) is 0 Å². The summed E-state index contributed by atoms with van der Waals surface area (Å²) in [6, 6.07) is 10.4. The summed E-state index contributed by atoms with van der Waals surface area (Å²) in [6.07, 6.45) is 1.28. The van der Waals surface area contributed by atoms with Gasteiger partial charge in [0.25, 0.3) is 0 Å². The molecule has 0 saturated heterocycles. The Morgan fingerprint density at radius 1 is 1.23 bits per heavy atom. The Bertz CT molecular complexity index is 1190. The molecule has 31 heavy (non-hydrogen) atoms. The van der Waals surface area contributed by atoms with E-state index in [1.54, 1.807) is 37.4 Å². The largest absolute Gasteiger partial charge is 0.292 e. The molecule has 3 aromatic rings. The molecular formula is C21H17F2N5O3.